The smallest absolute Gasteiger partial charge is 0.323 e. The largest absolute Gasteiger partial charge is 0.449 e. The first-order valence-electron chi connectivity index (χ1n) is 6.60. The molecule has 1 N–H and O–H groups in total. The van der Waals surface area contributed by atoms with E-state index >= 15 is 0 Å². The highest BCUT2D eigenvalue weighted by molar-refractivity contribution is 7.13. The second-order valence-electron chi connectivity index (χ2n) is 4.86. The van der Waals surface area contributed by atoms with Gasteiger partial charge in [-0.25, -0.2) is 14.8 Å². The maximum absolute atomic E-state index is 12.1. The van der Waals surface area contributed by atoms with E-state index in [2.05, 4.69) is 15.3 Å². The highest BCUT2D eigenvalue weighted by Gasteiger charge is 2.26. The molecule has 0 spiro atoms. The summed E-state index contributed by atoms with van der Waals surface area (Å²) in [5.74, 6) is 1.09. The third-order valence-electron chi connectivity index (χ3n) is 3.42. The second kappa shape index (κ2) is 5.62. The van der Waals surface area contributed by atoms with Crippen molar-refractivity contribution in [3.8, 4) is 0 Å². The van der Waals surface area contributed by atoms with Crippen LogP contribution in [0, 0.1) is 6.92 Å². The molecule has 0 aromatic carbocycles. The molecular weight excluding hydrogens is 276 g/mol. The van der Waals surface area contributed by atoms with Gasteiger partial charge in [-0.05, 0) is 19.8 Å². The predicted molar refractivity (Wildman–Crippen MR) is 75.9 cm³/mol. The molecule has 3 heterocycles. The van der Waals surface area contributed by atoms with Crippen LogP contribution in [-0.4, -0.2) is 34.0 Å². The average molecular weight is 292 g/mol. The molecule has 2 amide bonds. The van der Waals surface area contributed by atoms with Gasteiger partial charge in [0, 0.05) is 24.4 Å². The van der Waals surface area contributed by atoms with E-state index < -0.39 is 0 Å². The van der Waals surface area contributed by atoms with Crippen molar-refractivity contribution in [2.24, 2.45) is 0 Å². The molecule has 20 heavy (non-hydrogen) atoms. The van der Waals surface area contributed by atoms with E-state index in [0.29, 0.717) is 24.1 Å². The fourth-order valence-corrected chi connectivity index (χ4v) is 3.03. The second-order valence-corrected chi connectivity index (χ2v) is 5.71. The van der Waals surface area contributed by atoms with Gasteiger partial charge in [-0.3, -0.25) is 5.32 Å². The molecule has 0 unspecified atom stereocenters. The number of nitrogens with one attached hydrogen (secondary N) is 1. The van der Waals surface area contributed by atoms with Crippen LogP contribution in [0.3, 0.4) is 0 Å². The van der Waals surface area contributed by atoms with Crippen LogP contribution < -0.4 is 5.32 Å². The number of carbonyl (C=O) groups is 1. The number of rotatable bonds is 2. The number of nitrogens with zero attached hydrogens (tertiary/aromatic N) is 3. The summed E-state index contributed by atoms with van der Waals surface area (Å²) in [4.78, 5) is 22.4. The molecule has 7 heteroatoms. The number of piperidine rings is 1. The summed E-state index contributed by atoms with van der Waals surface area (Å²) in [7, 11) is 0. The summed E-state index contributed by atoms with van der Waals surface area (Å²) in [5.41, 5.74) is 0.924. The predicted octanol–water partition coefficient (Wildman–Crippen LogP) is 2.85. The summed E-state index contributed by atoms with van der Waals surface area (Å²) in [5, 5.41) is 5.41. The summed E-state index contributed by atoms with van der Waals surface area (Å²) in [6.07, 6.45) is 5.02. The van der Waals surface area contributed by atoms with E-state index in [-0.39, 0.29) is 6.03 Å². The molecule has 1 fully saturated rings. The average Bonchev–Trinajstić information content (AvgIpc) is 3.11. The minimum atomic E-state index is -0.0785. The Morgan fingerprint density at radius 2 is 2.30 bits per heavy atom. The monoisotopic (exact) mass is 292 g/mol. The van der Waals surface area contributed by atoms with Crippen LogP contribution >= 0.6 is 11.3 Å². The number of carbonyl (C=O) groups excluding carboxylic acids is 1. The minimum Gasteiger partial charge on any atom is -0.449 e. The SMILES string of the molecule is Cc1csc(NC(=O)N2CCC(c3ncco3)CC2)n1. The summed E-state index contributed by atoms with van der Waals surface area (Å²) >= 11 is 1.45. The lowest BCUT2D eigenvalue weighted by Crippen LogP contribution is -2.40. The Morgan fingerprint density at radius 1 is 1.50 bits per heavy atom. The van der Waals surface area contributed by atoms with Gasteiger partial charge < -0.3 is 9.32 Å². The van der Waals surface area contributed by atoms with Crippen LogP contribution in [0.4, 0.5) is 9.93 Å². The molecule has 0 bridgehead atoms. The molecule has 6 nitrogen and oxygen atoms in total. The molecule has 2 aromatic rings. The standard InChI is InChI=1S/C13H16N4O2S/c1-9-8-20-12(15-9)16-13(18)17-5-2-10(3-6-17)11-14-4-7-19-11/h4,7-8,10H,2-3,5-6H2,1H3,(H,15,16,18). The van der Waals surface area contributed by atoms with Crippen LogP contribution in [-0.2, 0) is 0 Å². The highest BCUT2D eigenvalue weighted by Crippen LogP contribution is 2.27. The number of amides is 2. The minimum absolute atomic E-state index is 0.0785. The Balaban J connectivity index is 1.54. The number of aromatic nitrogens is 2. The lowest BCUT2D eigenvalue weighted by Gasteiger charge is -2.30. The van der Waals surface area contributed by atoms with Crippen molar-refractivity contribution in [3.05, 3.63) is 29.4 Å². The molecule has 1 saturated heterocycles. The number of hydrogen-bond acceptors (Lipinski definition) is 5. The molecule has 3 rings (SSSR count). The van der Waals surface area contributed by atoms with Crippen LogP contribution in [0.25, 0.3) is 0 Å². The Bertz CT molecular complexity index is 573. The first-order chi connectivity index (χ1) is 9.72. The van der Waals surface area contributed by atoms with E-state index in [0.717, 1.165) is 24.4 Å². The van der Waals surface area contributed by atoms with E-state index in [1.807, 2.05) is 17.2 Å². The van der Waals surface area contributed by atoms with Gasteiger partial charge in [-0.2, -0.15) is 0 Å². The molecule has 1 aliphatic heterocycles. The number of anilines is 1. The molecule has 2 aromatic heterocycles. The van der Waals surface area contributed by atoms with Gasteiger partial charge in [0.05, 0.1) is 11.9 Å². The fourth-order valence-electron chi connectivity index (χ4n) is 2.35. The van der Waals surface area contributed by atoms with Crippen molar-refractivity contribution in [1.29, 1.82) is 0 Å². The molecule has 0 radical (unpaired) electrons. The first-order valence-corrected chi connectivity index (χ1v) is 7.48. The van der Waals surface area contributed by atoms with Crippen LogP contribution in [0.1, 0.15) is 30.3 Å². The van der Waals surface area contributed by atoms with Crippen molar-refractivity contribution in [2.45, 2.75) is 25.7 Å². The molecule has 0 atom stereocenters. The third-order valence-corrected chi connectivity index (χ3v) is 4.29. The van der Waals surface area contributed by atoms with Crippen molar-refractivity contribution < 1.29 is 9.21 Å². The van der Waals surface area contributed by atoms with Gasteiger partial charge in [0.1, 0.15) is 6.26 Å². The Hall–Kier alpha value is -1.89. The number of thiazole rings is 1. The van der Waals surface area contributed by atoms with Gasteiger partial charge in [0.15, 0.2) is 11.0 Å². The Morgan fingerprint density at radius 3 is 2.90 bits per heavy atom. The van der Waals surface area contributed by atoms with Crippen LogP contribution in [0.5, 0.6) is 0 Å². The van der Waals surface area contributed by atoms with Crippen molar-refractivity contribution >= 4 is 22.5 Å². The molecule has 0 saturated carbocycles. The topological polar surface area (TPSA) is 71.3 Å². The van der Waals surface area contributed by atoms with E-state index in [9.17, 15) is 4.79 Å². The zero-order valence-corrected chi connectivity index (χ0v) is 12.0. The lowest BCUT2D eigenvalue weighted by atomic mass is 9.97. The van der Waals surface area contributed by atoms with Gasteiger partial charge >= 0.3 is 6.03 Å². The number of likely N-dealkylation sites (tertiary alicyclic amines) is 1. The zero-order valence-electron chi connectivity index (χ0n) is 11.2. The van der Waals surface area contributed by atoms with E-state index in [4.69, 9.17) is 4.42 Å². The number of urea groups is 1. The Labute approximate surface area is 120 Å². The Kier molecular flexibility index (Phi) is 3.68. The normalized spacial score (nSPS) is 16.4. The third kappa shape index (κ3) is 2.82. The zero-order chi connectivity index (χ0) is 13.9. The first kappa shape index (κ1) is 13.1. The molecular formula is C13H16N4O2S. The van der Waals surface area contributed by atoms with Gasteiger partial charge in [-0.1, -0.05) is 0 Å². The van der Waals surface area contributed by atoms with Gasteiger partial charge in [0.2, 0.25) is 0 Å². The van der Waals surface area contributed by atoms with Gasteiger partial charge in [-0.15, -0.1) is 11.3 Å². The maximum Gasteiger partial charge on any atom is 0.323 e. The van der Waals surface area contributed by atoms with Crippen molar-refractivity contribution in [1.82, 2.24) is 14.9 Å². The summed E-state index contributed by atoms with van der Waals surface area (Å²) < 4.78 is 5.33. The molecule has 106 valence electrons. The van der Waals surface area contributed by atoms with Crippen LogP contribution in [0.2, 0.25) is 0 Å². The maximum atomic E-state index is 12.1. The summed E-state index contributed by atoms with van der Waals surface area (Å²) in [6.45, 7) is 3.33. The van der Waals surface area contributed by atoms with Gasteiger partial charge in [0.25, 0.3) is 0 Å². The quantitative estimate of drug-likeness (QED) is 0.924. The van der Waals surface area contributed by atoms with E-state index in [1.165, 1.54) is 11.3 Å². The summed E-state index contributed by atoms with van der Waals surface area (Å²) in [6, 6.07) is -0.0785. The van der Waals surface area contributed by atoms with Crippen molar-refractivity contribution in [3.63, 3.8) is 0 Å². The lowest BCUT2D eigenvalue weighted by molar-refractivity contribution is 0.190. The van der Waals surface area contributed by atoms with E-state index in [1.54, 1.807) is 12.5 Å². The molecule has 1 aliphatic rings. The van der Waals surface area contributed by atoms with Crippen molar-refractivity contribution in [2.75, 3.05) is 18.4 Å². The highest BCUT2D eigenvalue weighted by atomic mass is 32.1. The number of aryl methyl sites for hydroxylation is 1. The number of hydrogen-bond donors (Lipinski definition) is 1. The fraction of sp³-hybridized carbons (Fsp3) is 0.462. The number of oxazole rings is 1. The van der Waals surface area contributed by atoms with Crippen LogP contribution in [0.15, 0.2) is 22.3 Å². The molecule has 0 aliphatic carbocycles.